The van der Waals surface area contributed by atoms with Crippen molar-refractivity contribution in [3.05, 3.63) is 86.2 Å². The zero-order valence-corrected chi connectivity index (χ0v) is 13.7. The molecule has 0 aliphatic rings. The monoisotopic (exact) mass is 352 g/mol. The molecule has 0 atom stereocenters. The molecule has 0 saturated heterocycles. The van der Waals surface area contributed by atoms with Crippen molar-refractivity contribution in [1.82, 2.24) is 0 Å². The van der Waals surface area contributed by atoms with Gasteiger partial charge in [-0.1, -0.05) is 30.8 Å². The Hall–Kier alpha value is -3.80. The zero-order valence-electron chi connectivity index (χ0n) is 13.7. The normalized spacial score (nSPS) is 10.5. The van der Waals surface area contributed by atoms with Crippen LogP contribution < -0.4 is 9.47 Å². The van der Waals surface area contributed by atoms with Crippen LogP contribution in [0.2, 0.25) is 0 Å². The van der Waals surface area contributed by atoms with E-state index >= 15 is 0 Å². The Morgan fingerprint density at radius 3 is 1.73 bits per heavy atom. The number of rotatable bonds is 9. The van der Waals surface area contributed by atoms with E-state index in [0.29, 0.717) is 18.0 Å². The van der Waals surface area contributed by atoms with Crippen LogP contribution >= 0.6 is 0 Å². The van der Waals surface area contributed by atoms with E-state index in [2.05, 4.69) is 16.1 Å². The van der Waals surface area contributed by atoms with Crippen molar-refractivity contribution in [3.8, 4) is 22.6 Å². The van der Waals surface area contributed by atoms with Crippen LogP contribution in [0.1, 0.15) is 0 Å². The van der Waals surface area contributed by atoms with E-state index in [9.17, 15) is 9.59 Å². The molecule has 2 aromatic rings. The lowest BCUT2D eigenvalue weighted by Gasteiger charge is -2.05. The van der Waals surface area contributed by atoms with E-state index in [1.165, 1.54) is 12.5 Å². The van der Waals surface area contributed by atoms with E-state index in [1.807, 2.05) is 24.3 Å². The molecule has 0 aliphatic heterocycles. The molecule has 0 N–H and O–H groups in total. The lowest BCUT2D eigenvalue weighted by Crippen LogP contribution is -1.93. The molecule has 0 heterocycles. The van der Waals surface area contributed by atoms with Gasteiger partial charge < -0.3 is 18.9 Å². The van der Waals surface area contributed by atoms with Gasteiger partial charge in [-0.05, 0) is 35.4 Å². The molecule has 0 amide bonds. The molecule has 0 saturated carbocycles. The third-order valence-corrected chi connectivity index (χ3v) is 3.05. The van der Waals surface area contributed by atoms with Crippen molar-refractivity contribution in [2.75, 3.05) is 0 Å². The number of hydrogen-bond acceptors (Lipinski definition) is 6. The van der Waals surface area contributed by atoms with Gasteiger partial charge in [-0.15, -0.1) is 0 Å². The zero-order chi connectivity index (χ0) is 18.6. The summed E-state index contributed by atoms with van der Waals surface area (Å²) >= 11 is 0. The third-order valence-electron chi connectivity index (χ3n) is 3.05. The van der Waals surface area contributed by atoms with Gasteiger partial charge in [0.25, 0.3) is 6.47 Å². The highest BCUT2D eigenvalue weighted by Crippen LogP contribution is 2.24. The van der Waals surface area contributed by atoms with Gasteiger partial charge in [-0.25, -0.2) is 4.79 Å². The van der Waals surface area contributed by atoms with Crippen LogP contribution in [0, 0.1) is 0 Å². The topological polar surface area (TPSA) is 71.1 Å². The second kappa shape index (κ2) is 10.1. The van der Waals surface area contributed by atoms with Crippen LogP contribution in [0.5, 0.6) is 11.5 Å². The molecule has 2 rings (SSSR count). The van der Waals surface area contributed by atoms with Gasteiger partial charge >= 0.3 is 5.97 Å². The van der Waals surface area contributed by atoms with Crippen LogP contribution in [0.3, 0.4) is 0 Å². The first-order valence-electron chi connectivity index (χ1n) is 7.49. The highest BCUT2D eigenvalue weighted by molar-refractivity contribution is 5.81. The lowest BCUT2D eigenvalue weighted by molar-refractivity contribution is -0.132. The van der Waals surface area contributed by atoms with Gasteiger partial charge in [0.2, 0.25) is 0 Å². The molecule has 0 radical (unpaired) electrons. The molecule has 2 aromatic carbocycles. The summed E-state index contributed by atoms with van der Waals surface area (Å²) in [5.41, 5.74) is 1.98. The Kier molecular flexibility index (Phi) is 7.23. The summed E-state index contributed by atoms with van der Waals surface area (Å²) in [7, 11) is 0. The van der Waals surface area contributed by atoms with Crippen LogP contribution in [0.15, 0.2) is 86.2 Å². The van der Waals surface area contributed by atoms with Crippen molar-refractivity contribution in [2.24, 2.45) is 0 Å². The first-order valence-corrected chi connectivity index (χ1v) is 7.49. The van der Waals surface area contributed by atoms with Crippen molar-refractivity contribution >= 4 is 12.4 Å². The number of carbonyl (C=O) groups is 2. The number of hydrogen-bond donors (Lipinski definition) is 0. The fourth-order valence-electron chi connectivity index (χ4n) is 1.87. The van der Waals surface area contributed by atoms with Crippen molar-refractivity contribution in [3.63, 3.8) is 0 Å². The molecule has 0 spiro atoms. The molecule has 6 heteroatoms. The van der Waals surface area contributed by atoms with Crippen LogP contribution in [0.25, 0.3) is 11.1 Å². The Balaban J connectivity index is 1.92. The molecule has 0 unspecified atom stereocenters. The van der Waals surface area contributed by atoms with Gasteiger partial charge in [0, 0.05) is 6.08 Å². The minimum absolute atomic E-state index is 0.306. The average Bonchev–Trinajstić information content (AvgIpc) is 2.69. The molecular formula is C20H16O6. The van der Waals surface area contributed by atoms with E-state index < -0.39 is 5.97 Å². The number of carbonyl (C=O) groups excluding carboxylic acids is 2. The molecule has 0 fully saturated rings. The van der Waals surface area contributed by atoms with E-state index in [0.717, 1.165) is 29.7 Å². The third kappa shape index (κ3) is 6.01. The van der Waals surface area contributed by atoms with Crippen molar-refractivity contribution in [1.29, 1.82) is 0 Å². The summed E-state index contributed by atoms with van der Waals surface area (Å²) in [6, 6.07) is 14.8. The largest absolute Gasteiger partial charge is 0.462 e. The maximum absolute atomic E-state index is 10.9. The average molecular weight is 352 g/mol. The van der Waals surface area contributed by atoms with Gasteiger partial charge in [-0.2, -0.15) is 0 Å². The molecule has 6 nitrogen and oxygen atoms in total. The van der Waals surface area contributed by atoms with Crippen LogP contribution in [0.4, 0.5) is 0 Å². The predicted octanol–water partition coefficient (Wildman–Crippen LogP) is 3.96. The minimum atomic E-state index is -0.556. The predicted molar refractivity (Wildman–Crippen MR) is 94.9 cm³/mol. The highest BCUT2D eigenvalue weighted by Gasteiger charge is 2.00. The maximum Gasteiger partial charge on any atom is 0.335 e. The SMILES string of the molecule is C=CC(=O)O/C=C\Oc1ccc(-c2ccc(O/C=C\OC=O)cc2)cc1. The van der Waals surface area contributed by atoms with E-state index in [-0.39, 0.29) is 0 Å². The van der Waals surface area contributed by atoms with Crippen LogP contribution in [-0.2, 0) is 19.1 Å². The van der Waals surface area contributed by atoms with Crippen molar-refractivity contribution < 1.29 is 28.5 Å². The molecule has 0 bridgehead atoms. The van der Waals surface area contributed by atoms with Gasteiger partial charge in [0.1, 0.15) is 36.5 Å². The second-order valence-corrected chi connectivity index (χ2v) is 4.70. The molecule has 0 aliphatic carbocycles. The molecule has 26 heavy (non-hydrogen) atoms. The fourth-order valence-corrected chi connectivity index (χ4v) is 1.87. The van der Waals surface area contributed by atoms with Gasteiger partial charge in [-0.3, -0.25) is 4.79 Å². The fraction of sp³-hybridized carbons (Fsp3) is 0. The quantitative estimate of drug-likeness (QED) is 0.294. The molecular weight excluding hydrogens is 336 g/mol. The summed E-state index contributed by atoms with van der Waals surface area (Å²) in [5.74, 6) is 0.651. The van der Waals surface area contributed by atoms with Gasteiger partial charge in [0.05, 0.1) is 0 Å². The number of benzene rings is 2. The Morgan fingerprint density at radius 1 is 0.769 bits per heavy atom. The summed E-state index contributed by atoms with van der Waals surface area (Å²) < 4.78 is 19.6. The minimum Gasteiger partial charge on any atom is -0.462 e. The summed E-state index contributed by atoms with van der Waals surface area (Å²) in [4.78, 5) is 20.8. The van der Waals surface area contributed by atoms with Gasteiger partial charge in [0.15, 0.2) is 0 Å². The number of ether oxygens (including phenoxy) is 4. The standard InChI is InChI=1S/C20H16O6/c1-2-20(22)26-14-13-25-19-9-5-17(6-10-19)16-3-7-18(8-4-16)24-12-11-23-15-21/h2-15H,1H2/b12-11-,14-13-. The lowest BCUT2D eigenvalue weighted by atomic mass is 10.1. The number of esters is 1. The van der Waals surface area contributed by atoms with Crippen LogP contribution in [-0.4, -0.2) is 12.4 Å². The summed E-state index contributed by atoms with van der Waals surface area (Å²) in [5, 5.41) is 0. The molecule has 0 aromatic heterocycles. The van der Waals surface area contributed by atoms with E-state index in [1.54, 1.807) is 24.3 Å². The Morgan fingerprint density at radius 2 is 1.27 bits per heavy atom. The Bertz CT molecular complexity index is 788. The van der Waals surface area contributed by atoms with Crippen molar-refractivity contribution in [2.45, 2.75) is 0 Å². The Labute approximate surface area is 150 Å². The first kappa shape index (κ1) is 18.5. The maximum atomic E-state index is 10.9. The first-order chi connectivity index (χ1) is 12.7. The molecule has 132 valence electrons. The van der Waals surface area contributed by atoms with E-state index in [4.69, 9.17) is 9.47 Å². The summed E-state index contributed by atoms with van der Waals surface area (Å²) in [6.07, 6.45) is 5.89. The summed E-state index contributed by atoms with van der Waals surface area (Å²) in [6.45, 7) is 3.59. The second-order valence-electron chi connectivity index (χ2n) is 4.70. The smallest absolute Gasteiger partial charge is 0.335 e. The highest BCUT2D eigenvalue weighted by atomic mass is 16.5.